The van der Waals surface area contributed by atoms with Crippen LogP contribution in [0, 0.1) is 0 Å². The van der Waals surface area contributed by atoms with Crippen LogP contribution < -0.4 is 10.1 Å². The van der Waals surface area contributed by atoms with E-state index in [2.05, 4.69) is 11.4 Å². The van der Waals surface area contributed by atoms with Crippen molar-refractivity contribution in [3.05, 3.63) is 41.5 Å². The molecule has 0 heterocycles. The largest absolute Gasteiger partial charge is 0.491 e. The van der Waals surface area contributed by atoms with Gasteiger partial charge in [0.15, 0.2) is 0 Å². The molecule has 1 aliphatic rings. The minimum Gasteiger partial charge on any atom is -0.491 e. The molecule has 0 aliphatic heterocycles. The number of carboxylic acid groups (broad SMARTS) is 1. The van der Waals surface area contributed by atoms with Gasteiger partial charge in [-0.25, -0.2) is 4.79 Å². The van der Waals surface area contributed by atoms with Gasteiger partial charge in [-0.1, -0.05) is 23.8 Å². The number of benzene rings is 1. The average molecular weight is 289 g/mol. The lowest BCUT2D eigenvalue weighted by Crippen LogP contribution is -2.23. The van der Waals surface area contributed by atoms with E-state index < -0.39 is 5.97 Å². The number of hydrogen-bond donors (Lipinski definition) is 2. The van der Waals surface area contributed by atoms with Crippen molar-refractivity contribution < 1.29 is 14.6 Å². The SMILES string of the molecule is O=C(O)c1ccccc1OCCNCCC1=CCCCC1. The minimum atomic E-state index is -0.956. The Labute approximate surface area is 125 Å². The van der Waals surface area contributed by atoms with Crippen LogP contribution in [0.1, 0.15) is 42.5 Å². The van der Waals surface area contributed by atoms with Crippen molar-refractivity contribution in [1.29, 1.82) is 0 Å². The summed E-state index contributed by atoms with van der Waals surface area (Å²) in [6.07, 6.45) is 8.58. The first-order valence-electron chi connectivity index (χ1n) is 7.61. The third-order valence-corrected chi connectivity index (χ3v) is 3.66. The van der Waals surface area contributed by atoms with E-state index in [1.54, 1.807) is 29.8 Å². The number of aromatic carboxylic acids is 1. The maximum absolute atomic E-state index is 11.0. The van der Waals surface area contributed by atoms with Crippen molar-refractivity contribution in [3.8, 4) is 5.75 Å². The van der Waals surface area contributed by atoms with Crippen molar-refractivity contribution in [2.45, 2.75) is 32.1 Å². The van der Waals surface area contributed by atoms with Crippen LogP contribution in [-0.4, -0.2) is 30.8 Å². The number of para-hydroxylation sites is 1. The molecule has 1 aromatic carbocycles. The molecule has 0 bridgehead atoms. The molecule has 0 amide bonds. The lowest BCUT2D eigenvalue weighted by atomic mass is 9.97. The summed E-state index contributed by atoms with van der Waals surface area (Å²) < 4.78 is 5.53. The van der Waals surface area contributed by atoms with Crippen LogP contribution in [0.4, 0.5) is 0 Å². The van der Waals surface area contributed by atoms with Gasteiger partial charge in [0.05, 0.1) is 0 Å². The minimum absolute atomic E-state index is 0.213. The standard InChI is InChI=1S/C17H23NO3/c19-17(20)15-8-4-5-9-16(15)21-13-12-18-11-10-14-6-2-1-3-7-14/h4-6,8-9,18H,1-3,7,10-13H2,(H,19,20). The molecule has 21 heavy (non-hydrogen) atoms. The number of ether oxygens (including phenoxy) is 1. The molecule has 2 rings (SSSR count). The van der Waals surface area contributed by atoms with Gasteiger partial charge in [-0.05, 0) is 50.8 Å². The summed E-state index contributed by atoms with van der Waals surface area (Å²) in [4.78, 5) is 11.0. The lowest BCUT2D eigenvalue weighted by Gasteiger charge is -2.13. The van der Waals surface area contributed by atoms with Gasteiger partial charge in [0.25, 0.3) is 0 Å². The molecular formula is C17H23NO3. The Balaban J connectivity index is 1.64. The Kier molecular flexibility index (Phi) is 6.28. The summed E-state index contributed by atoms with van der Waals surface area (Å²) in [6, 6.07) is 6.73. The molecule has 0 unspecified atom stereocenters. The number of carbonyl (C=O) groups is 1. The summed E-state index contributed by atoms with van der Waals surface area (Å²) in [6.45, 7) is 2.15. The molecule has 2 N–H and O–H groups in total. The molecule has 0 atom stereocenters. The molecule has 0 radical (unpaired) electrons. The van der Waals surface area contributed by atoms with E-state index in [-0.39, 0.29) is 5.56 Å². The van der Waals surface area contributed by atoms with Gasteiger partial charge >= 0.3 is 5.97 Å². The lowest BCUT2D eigenvalue weighted by molar-refractivity contribution is 0.0692. The molecule has 0 fully saturated rings. The van der Waals surface area contributed by atoms with Crippen LogP contribution in [0.2, 0.25) is 0 Å². The van der Waals surface area contributed by atoms with E-state index in [1.807, 2.05) is 0 Å². The molecule has 0 saturated carbocycles. The third-order valence-electron chi connectivity index (χ3n) is 3.66. The van der Waals surface area contributed by atoms with Crippen LogP contribution in [0.15, 0.2) is 35.9 Å². The molecule has 0 aromatic heterocycles. The van der Waals surface area contributed by atoms with Crippen molar-refractivity contribution in [3.63, 3.8) is 0 Å². The number of hydrogen-bond acceptors (Lipinski definition) is 3. The zero-order valence-corrected chi connectivity index (χ0v) is 12.3. The van der Waals surface area contributed by atoms with Crippen molar-refractivity contribution >= 4 is 5.97 Å². The first kappa shape index (κ1) is 15.6. The van der Waals surface area contributed by atoms with Crippen molar-refractivity contribution in [1.82, 2.24) is 5.32 Å². The second kappa shape index (κ2) is 8.47. The molecule has 4 heteroatoms. The molecule has 0 saturated heterocycles. The van der Waals surface area contributed by atoms with E-state index in [1.165, 1.54) is 25.7 Å². The van der Waals surface area contributed by atoms with Gasteiger partial charge in [0.2, 0.25) is 0 Å². The number of allylic oxidation sites excluding steroid dienone is 1. The molecule has 1 aliphatic carbocycles. The maximum atomic E-state index is 11.0. The van der Waals surface area contributed by atoms with Gasteiger partial charge in [0.1, 0.15) is 17.9 Å². The monoisotopic (exact) mass is 289 g/mol. The molecule has 114 valence electrons. The Morgan fingerprint density at radius 1 is 1.24 bits per heavy atom. The third kappa shape index (κ3) is 5.23. The first-order chi connectivity index (χ1) is 10.3. The Hall–Kier alpha value is -1.81. The maximum Gasteiger partial charge on any atom is 0.339 e. The highest BCUT2D eigenvalue weighted by atomic mass is 16.5. The van der Waals surface area contributed by atoms with E-state index in [0.29, 0.717) is 12.4 Å². The highest BCUT2D eigenvalue weighted by molar-refractivity contribution is 5.90. The second-order valence-electron chi connectivity index (χ2n) is 5.26. The molecule has 0 spiro atoms. The van der Waals surface area contributed by atoms with E-state index in [4.69, 9.17) is 9.84 Å². The van der Waals surface area contributed by atoms with E-state index >= 15 is 0 Å². The second-order valence-corrected chi connectivity index (χ2v) is 5.26. The normalized spacial score (nSPS) is 14.6. The topological polar surface area (TPSA) is 58.6 Å². The highest BCUT2D eigenvalue weighted by Gasteiger charge is 2.09. The van der Waals surface area contributed by atoms with Crippen LogP contribution >= 0.6 is 0 Å². The summed E-state index contributed by atoms with van der Waals surface area (Å²) in [5, 5.41) is 12.4. The van der Waals surface area contributed by atoms with Gasteiger partial charge in [0, 0.05) is 6.54 Å². The smallest absolute Gasteiger partial charge is 0.339 e. The molecule has 4 nitrogen and oxygen atoms in total. The van der Waals surface area contributed by atoms with E-state index in [9.17, 15) is 4.79 Å². The van der Waals surface area contributed by atoms with Crippen LogP contribution in [0.3, 0.4) is 0 Å². The Morgan fingerprint density at radius 3 is 2.86 bits per heavy atom. The predicted molar refractivity (Wildman–Crippen MR) is 82.9 cm³/mol. The summed E-state index contributed by atoms with van der Waals surface area (Å²) in [5.74, 6) is -0.524. The fourth-order valence-corrected chi connectivity index (χ4v) is 2.51. The van der Waals surface area contributed by atoms with Crippen molar-refractivity contribution in [2.75, 3.05) is 19.7 Å². The quantitative estimate of drug-likeness (QED) is 0.570. The number of rotatable bonds is 8. The van der Waals surface area contributed by atoms with Crippen LogP contribution in [0.25, 0.3) is 0 Å². The zero-order valence-electron chi connectivity index (χ0n) is 12.3. The molecular weight excluding hydrogens is 266 g/mol. The zero-order chi connectivity index (χ0) is 14.9. The fourth-order valence-electron chi connectivity index (χ4n) is 2.51. The van der Waals surface area contributed by atoms with E-state index in [0.717, 1.165) is 19.5 Å². The predicted octanol–water partition coefficient (Wildman–Crippen LogP) is 3.24. The average Bonchev–Trinajstić information content (AvgIpc) is 2.52. The summed E-state index contributed by atoms with van der Waals surface area (Å²) in [7, 11) is 0. The Morgan fingerprint density at radius 2 is 2.10 bits per heavy atom. The highest BCUT2D eigenvalue weighted by Crippen LogP contribution is 2.19. The van der Waals surface area contributed by atoms with Crippen LogP contribution in [0.5, 0.6) is 5.75 Å². The van der Waals surface area contributed by atoms with Gasteiger partial charge in [-0.15, -0.1) is 0 Å². The van der Waals surface area contributed by atoms with Gasteiger partial charge < -0.3 is 15.2 Å². The van der Waals surface area contributed by atoms with Crippen LogP contribution in [-0.2, 0) is 0 Å². The number of nitrogens with one attached hydrogen (secondary N) is 1. The first-order valence-corrected chi connectivity index (χ1v) is 7.61. The van der Waals surface area contributed by atoms with Crippen molar-refractivity contribution in [2.24, 2.45) is 0 Å². The molecule has 1 aromatic rings. The summed E-state index contributed by atoms with van der Waals surface area (Å²) in [5.41, 5.74) is 1.77. The number of carboxylic acids is 1. The summed E-state index contributed by atoms with van der Waals surface area (Å²) >= 11 is 0. The fraction of sp³-hybridized carbons (Fsp3) is 0.471. The Bertz CT molecular complexity index is 497. The van der Waals surface area contributed by atoms with Gasteiger partial charge in [-0.3, -0.25) is 0 Å². The van der Waals surface area contributed by atoms with Gasteiger partial charge in [-0.2, -0.15) is 0 Å².